The van der Waals surface area contributed by atoms with Gasteiger partial charge < -0.3 is 41.9 Å². The number of amides is 7. The average Bonchev–Trinajstić information content (AvgIpc) is 3.22. The topological polar surface area (TPSA) is 215 Å². The van der Waals surface area contributed by atoms with E-state index in [-0.39, 0.29) is 25.8 Å². The van der Waals surface area contributed by atoms with Crippen LogP contribution < -0.4 is 31.9 Å². The van der Waals surface area contributed by atoms with Crippen molar-refractivity contribution >= 4 is 41.5 Å². The molecular formula is C43H63N7O8. The van der Waals surface area contributed by atoms with Crippen LogP contribution in [-0.2, 0) is 41.6 Å². The largest absolute Gasteiger partial charge is 0.480 e. The molecule has 318 valence electrons. The summed E-state index contributed by atoms with van der Waals surface area (Å²) in [6.07, 6.45) is 3.20. The molecule has 3 rings (SSSR count). The van der Waals surface area contributed by atoms with E-state index >= 15 is 0 Å². The highest BCUT2D eigenvalue weighted by Gasteiger charge is 2.36. The van der Waals surface area contributed by atoms with Gasteiger partial charge in [-0.1, -0.05) is 101 Å². The molecular weight excluding hydrogens is 743 g/mol. The van der Waals surface area contributed by atoms with Crippen molar-refractivity contribution in [3.05, 3.63) is 71.8 Å². The molecule has 7 N–H and O–H groups in total. The van der Waals surface area contributed by atoms with Crippen LogP contribution in [0.1, 0.15) is 90.7 Å². The van der Waals surface area contributed by atoms with Crippen LogP contribution in [0.15, 0.2) is 60.7 Å². The Bertz CT molecular complexity index is 1680. The Morgan fingerprint density at radius 1 is 0.776 bits per heavy atom. The fourth-order valence-electron chi connectivity index (χ4n) is 6.66. The van der Waals surface area contributed by atoms with Gasteiger partial charge in [0.15, 0.2) is 0 Å². The molecule has 1 aliphatic rings. The molecule has 0 saturated carbocycles. The zero-order chi connectivity index (χ0) is 42.8. The SMILES string of the molecule is CCC(C)C(NC(=O)NC1CCCCNC(=O)C(CCc2ccccc2)NC(=O)C(C)N(C)C(=O)C(CCc2ccccc2)NC(=O)C(C(C)CC)NC1=O)C(=O)O. The van der Waals surface area contributed by atoms with Crippen LogP contribution in [0.4, 0.5) is 4.79 Å². The molecule has 0 bridgehead atoms. The summed E-state index contributed by atoms with van der Waals surface area (Å²) in [5, 5.41) is 26.3. The van der Waals surface area contributed by atoms with E-state index in [1.165, 1.54) is 11.9 Å². The molecule has 15 nitrogen and oxygen atoms in total. The smallest absolute Gasteiger partial charge is 0.326 e. The number of nitrogens with zero attached hydrogens (tertiary/aromatic N) is 1. The molecule has 1 heterocycles. The first kappa shape index (κ1) is 46.9. The lowest BCUT2D eigenvalue weighted by molar-refractivity contribution is -0.142. The number of carbonyl (C=O) groups is 7. The second-order valence-corrected chi connectivity index (χ2v) is 15.3. The summed E-state index contributed by atoms with van der Waals surface area (Å²) in [7, 11) is 1.47. The van der Waals surface area contributed by atoms with E-state index in [4.69, 9.17) is 0 Å². The minimum Gasteiger partial charge on any atom is -0.480 e. The van der Waals surface area contributed by atoms with Crippen molar-refractivity contribution < 1.29 is 38.7 Å². The summed E-state index contributed by atoms with van der Waals surface area (Å²) < 4.78 is 0. The predicted molar refractivity (Wildman–Crippen MR) is 220 cm³/mol. The molecule has 0 aliphatic carbocycles. The molecule has 15 heteroatoms. The first-order valence-corrected chi connectivity index (χ1v) is 20.5. The molecule has 58 heavy (non-hydrogen) atoms. The van der Waals surface area contributed by atoms with Gasteiger partial charge in [-0.2, -0.15) is 0 Å². The third-order valence-corrected chi connectivity index (χ3v) is 11.1. The van der Waals surface area contributed by atoms with Crippen LogP contribution in [0.2, 0.25) is 0 Å². The highest BCUT2D eigenvalue weighted by Crippen LogP contribution is 2.15. The first-order valence-electron chi connectivity index (χ1n) is 20.5. The quantitative estimate of drug-likeness (QED) is 0.159. The third-order valence-electron chi connectivity index (χ3n) is 11.1. The van der Waals surface area contributed by atoms with Crippen molar-refractivity contribution in [2.24, 2.45) is 11.8 Å². The molecule has 1 saturated heterocycles. The van der Waals surface area contributed by atoms with Crippen molar-refractivity contribution in [3.63, 3.8) is 0 Å². The van der Waals surface area contributed by atoms with Gasteiger partial charge in [-0.25, -0.2) is 9.59 Å². The number of nitrogens with one attached hydrogen (secondary N) is 6. The van der Waals surface area contributed by atoms with Crippen LogP contribution in [0.3, 0.4) is 0 Å². The normalized spacial score (nSPS) is 23.3. The molecule has 1 fully saturated rings. The lowest BCUT2D eigenvalue weighted by Crippen LogP contribution is -2.60. The number of benzene rings is 2. The van der Waals surface area contributed by atoms with Crippen LogP contribution in [0, 0.1) is 11.8 Å². The molecule has 0 spiro atoms. The second kappa shape index (κ2) is 23.7. The third kappa shape index (κ3) is 14.5. The van der Waals surface area contributed by atoms with Crippen molar-refractivity contribution in [1.82, 2.24) is 36.8 Å². The Morgan fingerprint density at radius 3 is 1.90 bits per heavy atom. The number of hydrogen-bond donors (Lipinski definition) is 7. The minimum absolute atomic E-state index is 0.0969. The highest BCUT2D eigenvalue weighted by atomic mass is 16.4. The lowest BCUT2D eigenvalue weighted by atomic mass is 9.96. The number of aryl methyl sites for hydroxylation is 2. The first-order chi connectivity index (χ1) is 27.7. The van der Waals surface area contributed by atoms with E-state index < -0.39 is 89.6 Å². The average molecular weight is 806 g/mol. The van der Waals surface area contributed by atoms with Crippen LogP contribution in [-0.4, -0.2) is 101 Å². The van der Waals surface area contributed by atoms with Crippen LogP contribution in [0.25, 0.3) is 0 Å². The monoisotopic (exact) mass is 805 g/mol. The Morgan fingerprint density at radius 2 is 1.34 bits per heavy atom. The van der Waals surface area contributed by atoms with Gasteiger partial charge in [-0.05, 0) is 74.8 Å². The maximum Gasteiger partial charge on any atom is 0.326 e. The Hall–Kier alpha value is -5.47. The van der Waals surface area contributed by atoms with Crippen molar-refractivity contribution in [2.75, 3.05) is 13.6 Å². The maximum absolute atomic E-state index is 14.2. The van der Waals surface area contributed by atoms with E-state index in [2.05, 4.69) is 31.9 Å². The highest BCUT2D eigenvalue weighted by molar-refractivity contribution is 5.96. The van der Waals surface area contributed by atoms with Gasteiger partial charge in [-0.15, -0.1) is 0 Å². The fraction of sp³-hybridized carbons (Fsp3) is 0.558. The van der Waals surface area contributed by atoms with E-state index in [0.717, 1.165) is 11.1 Å². The Labute approximate surface area is 342 Å². The zero-order valence-corrected chi connectivity index (χ0v) is 34.7. The summed E-state index contributed by atoms with van der Waals surface area (Å²) >= 11 is 0. The van der Waals surface area contributed by atoms with Gasteiger partial charge in [0.1, 0.15) is 36.3 Å². The van der Waals surface area contributed by atoms with Gasteiger partial charge in [0.25, 0.3) is 0 Å². The second-order valence-electron chi connectivity index (χ2n) is 15.3. The number of carbonyl (C=O) groups excluding carboxylic acids is 6. The van der Waals surface area contributed by atoms with Crippen molar-refractivity contribution in [2.45, 2.75) is 129 Å². The molecule has 2 aromatic carbocycles. The molecule has 8 unspecified atom stereocenters. The molecule has 2 aromatic rings. The van der Waals surface area contributed by atoms with Gasteiger partial charge in [0, 0.05) is 13.6 Å². The van der Waals surface area contributed by atoms with E-state index in [1.54, 1.807) is 27.7 Å². The van der Waals surface area contributed by atoms with Gasteiger partial charge in [0.2, 0.25) is 29.5 Å². The Balaban J connectivity index is 1.98. The summed E-state index contributed by atoms with van der Waals surface area (Å²) in [4.78, 5) is 96.1. The van der Waals surface area contributed by atoms with Gasteiger partial charge >= 0.3 is 12.0 Å². The van der Waals surface area contributed by atoms with Gasteiger partial charge in [0.05, 0.1) is 0 Å². The number of likely N-dealkylation sites (N-methyl/N-ethyl adjacent to an activating group) is 1. The lowest BCUT2D eigenvalue weighted by Gasteiger charge is -2.32. The maximum atomic E-state index is 14.2. The summed E-state index contributed by atoms with van der Waals surface area (Å²) in [5.74, 6) is -4.77. The van der Waals surface area contributed by atoms with Crippen molar-refractivity contribution in [3.8, 4) is 0 Å². The summed E-state index contributed by atoms with van der Waals surface area (Å²) in [6, 6.07) is 11.6. The zero-order valence-electron chi connectivity index (χ0n) is 34.7. The van der Waals surface area contributed by atoms with Gasteiger partial charge in [-0.3, -0.25) is 24.0 Å². The summed E-state index contributed by atoms with van der Waals surface area (Å²) in [5.41, 5.74) is 1.91. The molecule has 1 aliphatic heterocycles. The number of aliphatic carboxylic acids is 1. The van der Waals surface area contributed by atoms with E-state index in [0.29, 0.717) is 38.5 Å². The van der Waals surface area contributed by atoms with Crippen molar-refractivity contribution in [1.29, 1.82) is 0 Å². The van der Waals surface area contributed by atoms with Crippen LogP contribution >= 0.6 is 0 Å². The minimum atomic E-state index is -1.21. The molecule has 0 aromatic heterocycles. The van der Waals surface area contributed by atoms with Crippen LogP contribution in [0.5, 0.6) is 0 Å². The standard InChI is InChI=1S/C43H63N7O8/c1-7-27(3)35-40(54)46-34(25-23-31-19-13-10-14-20-31)41(55)50(6)29(5)37(51)45-33(24-22-30-17-11-9-12-18-30)38(52)44-26-16-15-21-32(39(53)48-35)47-43(58)49-36(42(56)57)28(4)8-2/h9-14,17-20,27-29,32-36H,7-8,15-16,21-26H2,1-6H3,(H,44,52)(H,45,51)(H,46,54)(H,48,53)(H,56,57)(H2,47,49,58). The predicted octanol–water partition coefficient (Wildman–Crippen LogP) is 3.07. The summed E-state index contributed by atoms with van der Waals surface area (Å²) in [6.45, 7) is 8.90. The molecule has 0 radical (unpaired) electrons. The van der Waals surface area contributed by atoms with E-state index in [9.17, 15) is 38.7 Å². The Kier molecular flexibility index (Phi) is 19.2. The number of hydrogen-bond acceptors (Lipinski definition) is 7. The number of carboxylic acids is 1. The number of urea groups is 1. The number of carboxylic acid groups (broad SMARTS) is 1. The fourth-order valence-corrected chi connectivity index (χ4v) is 6.66. The molecule has 7 amide bonds. The van der Waals surface area contributed by atoms with E-state index in [1.807, 2.05) is 67.6 Å². The molecule has 8 atom stereocenters. The number of rotatable bonds is 13.